The third-order valence-corrected chi connectivity index (χ3v) is 7.53. The maximum absolute atomic E-state index is 9.44. The van der Waals surface area contributed by atoms with Gasteiger partial charge in [-0.1, -0.05) is 36.8 Å². The summed E-state index contributed by atoms with van der Waals surface area (Å²) in [5, 5.41) is 9.44. The molecule has 3 fully saturated rings. The van der Waals surface area contributed by atoms with Gasteiger partial charge in [-0.3, -0.25) is 0 Å². The second kappa shape index (κ2) is 5.46. The van der Waals surface area contributed by atoms with Gasteiger partial charge in [0.15, 0.2) is 0 Å². The van der Waals surface area contributed by atoms with Gasteiger partial charge in [0.25, 0.3) is 0 Å². The Balaban J connectivity index is 1.38. The Morgan fingerprint density at radius 3 is 2.62 bits per heavy atom. The quantitative estimate of drug-likeness (QED) is 0.761. The van der Waals surface area contributed by atoms with E-state index >= 15 is 0 Å². The highest BCUT2D eigenvalue weighted by Gasteiger charge is 2.46. The minimum Gasteiger partial charge on any atom is -0.300 e. The Morgan fingerprint density at radius 2 is 1.92 bits per heavy atom. The molecule has 1 spiro atoms. The molecule has 0 N–H and O–H groups in total. The number of hydrogen-bond acceptors (Lipinski definition) is 2. The maximum atomic E-state index is 9.44. The Morgan fingerprint density at radius 1 is 1.08 bits per heavy atom. The molecule has 0 radical (unpaired) electrons. The number of likely N-dealkylation sites (tertiary alicyclic amines) is 1. The standard InChI is InChI=1S/C22H26N2/c23-15-18-7-8-22(20-4-2-1-3-19(18)20)9-11-24(12-10-22)21-14-16-5-6-17(21)13-16/h1-4,7,16-17,21H,5-6,8-14H2. The van der Waals surface area contributed by atoms with Gasteiger partial charge in [0.2, 0.25) is 0 Å². The maximum Gasteiger partial charge on any atom is 0.0994 e. The van der Waals surface area contributed by atoms with Crippen molar-refractivity contribution in [3.05, 3.63) is 41.5 Å². The largest absolute Gasteiger partial charge is 0.300 e. The molecule has 2 bridgehead atoms. The first kappa shape index (κ1) is 14.7. The summed E-state index contributed by atoms with van der Waals surface area (Å²) in [5.74, 6) is 2.03. The smallest absolute Gasteiger partial charge is 0.0994 e. The molecule has 2 nitrogen and oxygen atoms in total. The summed E-state index contributed by atoms with van der Waals surface area (Å²) >= 11 is 0. The first-order chi connectivity index (χ1) is 11.8. The van der Waals surface area contributed by atoms with Crippen LogP contribution in [0.2, 0.25) is 0 Å². The monoisotopic (exact) mass is 318 g/mol. The molecule has 1 aromatic rings. The van der Waals surface area contributed by atoms with Crippen LogP contribution >= 0.6 is 0 Å². The average Bonchev–Trinajstić information content (AvgIpc) is 3.27. The molecule has 2 saturated carbocycles. The van der Waals surface area contributed by atoms with E-state index in [0.717, 1.165) is 29.9 Å². The fourth-order valence-corrected chi connectivity index (χ4v) is 6.22. The van der Waals surface area contributed by atoms with Crippen LogP contribution in [0.1, 0.15) is 56.1 Å². The number of benzene rings is 1. The van der Waals surface area contributed by atoms with Crippen LogP contribution in [0.5, 0.6) is 0 Å². The summed E-state index contributed by atoms with van der Waals surface area (Å²) in [7, 11) is 0. The zero-order valence-electron chi connectivity index (χ0n) is 14.4. The molecule has 124 valence electrons. The van der Waals surface area contributed by atoms with Gasteiger partial charge < -0.3 is 4.90 Å². The first-order valence-corrected chi connectivity index (χ1v) is 9.73. The van der Waals surface area contributed by atoms with Gasteiger partial charge in [-0.15, -0.1) is 0 Å². The van der Waals surface area contributed by atoms with Gasteiger partial charge >= 0.3 is 0 Å². The highest BCUT2D eigenvalue weighted by atomic mass is 15.2. The van der Waals surface area contributed by atoms with Gasteiger partial charge in [-0.25, -0.2) is 0 Å². The normalized spacial score (nSPS) is 34.0. The minimum atomic E-state index is 0.283. The van der Waals surface area contributed by atoms with Crippen molar-refractivity contribution in [2.75, 3.05) is 13.1 Å². The predicted octanol–water partition coefficient (Wildman–Crippen LogP) is 4.52. The predicted molar refractivity (Wildman–Crippen MR) is 96.4 cm³/mol. The minimum absolute atomic E-state index is 0.283. The number of fused-ring (bicyclic) bond motifs is 4. The summed E-state index contributed by atoms with van der Waals surface area (Å²) < 4.78 is 0. The molecule has 0 aromatic heterocycles. The van der Waals surface area contributed by atoms with Crippen LogP contribution < -0.4 is 0 Å². The Kier molecular flexibility index (Phi) is 3.35. The van der Waals surface area contributed by atoms with Crippen LogP contribution in [-0.4, -0.2) is 24.0 Å². The lowest BCUT2D eigenvalue weighted by Gasteiger charge is -2.47. The van der Waals surface area contributed by atoms with Crippen molar-refractivity contribution in [3.8, 4) is 6.07 Å². The van der Waals surface area contributed by atoms with Crippen molar-refractivity contribution < 1.29 is 0 Å². The van der Waals surface area contributed by atoms with E-state index < -0.39 is 0 Å². The molecule has 3 aliphatic carbocycles. The molecule has 3 unspecified atom stereocenters. The molecule has 4 aliphatic rings. The topological polar surface area (TPSA) is 27.0 Å². The fraction of sp³-hybridized carbons (Fsp3) is 0.591. The van der Waals surface area contributed by atoms with Crippen molar-refractivity contribution in [3.63, 3.8) is 0 Å². The molecule has 24 heavy (non-hydrogen) atoms. The molecular formula is C22H26N2. The number of allylic oxidation sites excluding steroid dienone is 2. The van der Waals surface area contributed by atoms with Crippen LogP contribution in [0.4, 0.5) is 0 Å². The molecule has 1 saturated heterocycles. The van der Waals surface area contributed by atoms with Crippen LogP contribution in [0.15, 0.2) is 30.3 Å². The molecule has 1 heterocycles. The highest BCUT2D eigenvalue weighted by molar-refractivity contribution is 5.81. The third kappa shape index (κ3) is 2.11. The van der Waals surface area contributed by atoms with E-state index in [-0.39, 0.29) is 5.41 Å². The molecule has 3 atom stereocenters. The van der Waals surface area contributed by atoms with Gasteiger partial charge in [0.1, 0.15) is 0 Å². The Hall–Kier alpha value is -1.59. The molecular weight excluding hydrogens is 292 g/mol. The van der Waals surface area contributed by atoms with E-state index in [4.69, 9.17) is 0 Å². The lowest BCUT2D eigenvalue weighted by atomic mass is 9.65. The Bertz CT molecular complexity index is 718. The zero-order valence-corrected chi connectivity index (χ0v) is 14.4. The van der Waals surface area contributed by atoms with Crippen molar-refractivity contribution in [1.82, 2.24) is 4.90 Å². The highest BCUT2D eigenvalue weighted by Crippen LogP contribution is 2.50. The summed E-state index contributed by atoms with van der Waals surface area (Å²) in [5.41, 5.74) is 3.80. The zero-order chi connectivity index (χ0) is 16.1. The third-order valence-electron chi connectivity index (χ3n) is 7.53. The summed E-state index contributed by atoms with van der Waals surface area (Å²) in [6.07, 6.45) is 11.7. The summed E-state index contributed by atoms with van der Waals surface area (Å²) in [6, 6.07) is 11.9. The van der Waals surface area contributed by atoms with Crippen LogP contribution in [0, 0.1) is 23.2 Å². The van der Waals surface area contributed by atoms with Gasteiger partial charge in [-0.2, -0.15) is 5.26 Å². The molecule has 0 amide bonds. The van der Waals surface area contributed by atoms with Crippen molar-refractivity contribution in [2.24, 2.45) is 11.8 Å². The van der Waals surface area contributed by atoms with Crippen LogP contribution in [0.3, 0.4) is 0 Å². The van der Waals surface area contributed by atoms with Gasteiger partial charge in [0, 0.05) is 11.5 Å². The van der Waals surface area contributed by atoms with E-state index in [1.807, 2.05) is 0 Å². The fourth-order valence-electron chi connectivity index (χ4n) is 6.22. The number of piperidine rings is 1. The number of hydrogen-bond donors (Lipinski definition) is 0. The van der Waals surface area contributed by atoms with E-state index in [0.29, 0.717) is 0 Å². The summed E-state index contributed by atoms with van der Waals surface area (Å²) in [4.78, 5) is 2.82. The molecule has 5 rings (SSSR count). The van der Waals surface area contributed by atoms with Gasteiger partial charge in [-0.05, 0) is 74.6 Å². The molecule has 1 aromatic carbocycles. The number of nitriles is 1. The SMILES string of the molecule is N#CC1=CCC2(CCN(C3CC4CCC3C4)CC2)c2ccccc21. The second-order valence-electron chi connectivity index (χ2n) is 8.54. The van der Waals surface area contributed by atoms with Crippen molar-refractivity contribution >= 4 is 5.57 Å². The lowest BCUT2D eigenvalue weighted by Crippen LogP contribution is -2.49. The van der Waals surface area contributed by atoms with E-state index in [1.54, 1.807) is 0 Å². The van der Waals surface area contributed by atoms with E-state index in [2.05, 4.69) is 41.3 Å². The number of rotatable bonds is 1. The van der Waals surface area contributed by atoms with E-state index in [9.17, 15) is 5.26 Å². The molecule has 1 aliphatic heterocycles. The summed E-state index contributed by atoms with van der Waals surface area (Å²) in [6.45, 7) is 2.50. The average molecular weight is 318 g/mol. The van der Waals surface area contributed by atoms with Crippen LogP contribution in [0.25, 0.3) is 5.57 Å². The number of nitrogens with zero attached hydrogens (tertiary/aromatic N) is 2. The second-order valence-corrected chi connectivity index (χ2v) is 8.54. The van der Waals surface area contributed by atoms with Gasteiger partial charge in [0.05, 0.1) is 11.6 Å². The van der Waals surface area contributed by atoms with Crippen molar-refractivity contribution in [1.29, 1.82) is 5.26 Å². The van der Waals surface area contributed by atoms with Crippen molar-refractivity contribution in [2.45, 2.75) is 56.4 Å². The van der Waals surface area contributed by atoms with Crippen LogP contribution in [-0.2, 0) is 5.41 Å². The Labute approximate surface area is 145 Å². The van der Waals surface area contributed by atoms with E-state index in [1.165, 1.54) is 62.7 Å². The first-order valence-electron chi connectivity index (χ1n) is 9.73. The lowest BCUT2D eigenvalue weighted by molar-refractivity contribution is 0.0834. The molecule has 2 heteroatoms.